The highest BCUT2D eigenvalue weighted by atomic mass is 32.2. The fraction of sp³-hybridized carbons (Fsp3) is 0.133. The van der Waals surface area contributed by atoms with Crippen molar-refractivity contribution in [3.63, 3.8) is 0 Å². The summed E-state index contributed by atoms with van der Waals surface area (Å²) in [6.07, 6.45) is 3.07. The number of para-hydroxylation sites is 1. The van der Waals surface area contributed by atoms with E-state index in [4.69, 9.17) is 0 Å². The lowest BCUT2D eigenvalue weighted by Gasteiger charge is -2.09. The fourth-order valence-corrected chi connectivity index (χ4v) is 2.98. The van der Waals surface area contributed by atoms with Gasteiger partial charge in [0.25, 0.3) is 5.91 Å². The Hall–Kier alpha value is -1.79. The Bertz CT molecular complexity index is 753. The minimum absolute atomic E-state index is 0.198. The van der Waals surface area contributed by atoms with Crippen LogP contribution in [0.2, 0.25) is 0 Å². The molecule has 0 bridgehead atoms. The van der Waals surface area contributed by atoms with Crippen molar-refractivity contribution < 1.29 is 13.2 Å². The third-order valence-corrected chi connectivity index (χ3v) is 4.82. The molecule has 21 heavy (non-hydrogen) atoms. The first-order valence-electron chi connectivity index (χ1n) is 6.16. The highest BCUT2D eigenvalue weighted by Gasteiger charge is 2.11. The molecule has 0 aliphatic heterocycles. The van der Waals surface area contributed by atoms with Crippen molar-refractivity contribution in [2.45, 2.75) is 9.79 Å². The molecule has 4 nitrogen and oxygen atoms in total. The second-order valence-corrected chi connectivity index (χ2v) is 7.31. The maximum absolute atomic E-state index is 12.2. The van der Waals surface area contributed by atoms with Crippen molar-refractivity contribution in [3.05, 3.63) is 54.1 Å². The number of carbonyl (C=O) groups excluding carboxylic acids is 1. The number of rotatable bonds is 4. The Labute approximate surface area is 128 Å². The van der Waals surface area contributed by atoms with Gasteiger partial charge in [-0.05, 0) is 42.7 Å². The molecule has 0 aliphatic carbocycles. The average Bonchev–Trinajstić information content (AvgIpc) is 2.47. The van der Waals surface area contributed by atoms with E-state index in [0.717, 1.165) is 16.8 Å². The number of sulfone groups is 1. The van der Waals surface area contributed by atoms with Crippen LogP contribution in [0.3, 0.4) is 0 Å². The van der Waals surface area contributed by atoms with Crippen LogP contribution in [0, 0.1) is 0 Å². The number of thioether (sulfide) groups is 1. The van der Waals surface area contributed by atoms with E-state index < -0.39 is 9.84 Å². The van der Waals surface area contributed by atoms with Crippen molar-refractivity contribution >= 4 is 33.2 Å². The molecule has 0 saturated carbocycles. The van der Waals surface area contributed by atoms with Gasteiger partial charge >= 0.3 is 0 Å². The maximum Gasteiger partial charge on any atom is 0.255 e. The minimum atomic E-state index is -3.25. The predicted octanol–water partition coefficient (Wildman–Crippen LogP) is 3.06. The summed E-state index contributed by atoms with van der Waals surface area (Å²) in [5, 5.41) is 2.83. The highest BCUT2D eigenvalue weighted by molar-refractivity contribution is 7.98. The predicted molar refractivity (Wildman–Crippen MR) is 85.7 cm³/mol. The maximum atomic E-state index is 12.2. The zero-order valence-electron chi connectivity index (χ0n) is 11.7. The lowest BCUT2D eigenvalue weighted by atomic mass is 10.2. The van der Waals surface area contributed by atoms with E-state index in [2.05, 4.69) is 5.32 Å². The third kappa shape index (κ3) is 3.86. The SMILES string of the molecule is CSc1ccccc1NC(=O)c1ccc(S(C)(=O)=O)cc1. The van der Waals surface area contributed by atoms with Gasteiger partial charge in [0.1, 0.15) is 0 Å². The minimum Gasteiger partial charge on any atom is -0.321 e. The molecule has 1 N–H and O–H groups in total. The zero-order valence-corrected chi connectivity index (χ0v) is 13.3. The molecule has 0 saturated heterocycles. The quantitative estimate of drug-likeness (QED) is 0.879. The van der Waals surface area contributed by atoms with E-state index in [9.17, 15) is 13.2 Å². The van der Waals surface area contributed by atoms with Gasteiger partial charge in [-0.2, -0.15) is 0 Å². The summed E-state index contributed by atoms with van der Waals surface area (Å²) in [6, 6.07) is 13.4. The molecule has 0 fully saturated rings. The van der Waals surface area contributed by atoms with Gasteiger partial charge in [-0.15, -0.1) is 11.8 Å². The first kappa shape index (κ1) is 15.6. The number of amides is 1. The van der Waals surface area contributed by atoms with Crippen LogP contribution < -0.4 is 5.32 Å². The zero-order chi connectivity index (χ0) is 15.5. The molecule has 110 valence electrons. The fourth-order valence-electron chi connectivity index (χ4n) is 1.80. The van der Waals surface area contributed by atoms with Crippen LogP contribution in [-0.2, 0) is 9.84 Å². The van der Waals surface area contributed by atoms with Crippen LogP contribution in [0.5, 0.6) is 0 Å². The first-order valence-corrected chi connectivity index (χ1v) is 9.28. The lowest BCUT2D eigenvalue weighted by molar-refractivity contribution is 0.102. The smallest absolute Gasteiger partial charge is 0.255 e. The Kier molecular flexibility index (Phi) is 4.69. The number of benzene rings is 2. The molecular formula is C15H15NO3S2. The van der Waals surface area contributed by atoms with E-state index in [-0.39, 0.29) is 10.8 Å². The van der Waals surface area contributed by atoms with E-state index in [1.807, 2.05) is 30.5 Å². The molecule has 2 aromatic rings. The van der Waals surface area contributed by atoms with Crippen LogP contribution >= 0.6 is 11.8 Å². The standard InChI is InChI=1S/C15H15NO3S2/c1-20-14-6-4-3-5-13(14)16-15(17)11-7-9-12(10-8-11)21(2,18)19/h3-10H,1-2H3,(H,16,17). The van der Waals surface area contributed by atoms with Crippen molar-refractivity contribution in [1.82, 2.24) is 0 Å². The van der Waals surface area contributed by atoms with Gasteiger partial charge in [0.05, 0.1) is 10.6 Å². The van der Waals surface area contributed by atoms with Crippen molar-refractivity contribution in [2.75, 3.05) is 17.8 Å². The first-order chi connectivity index (χ1) is 9.91. The molecule has 0 atom stereocenters. The molecular weight excluding hydrogens is 306 g/mol. The Morgan fingerprint density at radius 2 is 1.67 bits per heavy atom. The Morgan fingerprint density at radius 3 is 2.24 bits per heavy atom. The van der Waals surface area contributed by atoms with Gasteiger partial charge < -0.3 is 5.32 Å². The molecule has 0 spiro atoms. The number of hydrogen-bond acceptors (Lipinski definition) is 4. The van der Waals surface area contributed by atoms with Crippen molar-refractivity contribution in [2.24, 2.45) is 0 Å². The molecule has 0 heterocycles. The van der Waals surface area contributed by atoms with Gasteiger partial charge in [0.15, 0.2) is 9.84 Å². The molecule has 6 heteroatoms. The molecule has 0 unspecified atom stereocenters. The van der Waals surface area contributed by atoms with Crippen LogP contribution in [0.4, 0.5) is 5.69 Å². The molecule has 2 rings (SSSR count). The van der Waals surface area contributed by atoms with Crippen LogP contribution in [0.1, 0.15) is 10.4 Å². The van der Waals surface area contributed by atoms with Gasteiger partial charge in [0, 0.05) is 16.7 Å². The van der Waals surface area contributed by atoms with E-state index in [1.165, 1.54) is 24.3 Å². The highest BCUT2D eigenvalue weighted by Crippen LogP contribution is 2.25. The normalized spacial score (nSPS) is 11.1. The lowest BCUT2D eigenvalue weighted by Crippen LogP contribution is -2.12. The summed E-state index contributed by atoms with van der Waals surface area (Å²) >= 11 is 1.54. The van der Waals surface area contributed by atoms with E-state index >= 15 is 0 Å². The molecule has 0 radical (unpaired) electrons. The molecule has 0 aliphatic rings. The second kappa shape index (κ2) is 6.32. The summed E-state index contributed by atoms with van der Waals surface area (Å²) in [6.45, 7) is 0. The van der Waals surface area contributed by atoms with Gasteiger partial charge in [-0.3, -0.25) is 4.79 Å². The van der Waals surface area contributed by atoms with E-state index in [0.29, 0.717) is 5.56 Å². The average molecular weight is 321 g/mol. The van der Waals surface area contributed by atoms with E-state index in [1.54, 1.807) is 11.8 Å². The molecule has 1 amide bonds. The largest absolute Gasteiger partial charge is 0.321 e. The Morgan fingerprint density at radius 1 is 1.05 bits per heavy atom. The summed E-state index contributed by atoms with van der Waals surface area (Å²) < 4.78 is 22.8. The monoisotopic (exact) mass is 321 g/mol. The van der Waals surface area contributed by atoms with Gasteiger partial charge in [-0.25, -0.2) is 8.42 Å². The van der Waals surface area contributed by atoms with Crippen LogP contribution in [-0.4, -0.2) is 26.8 Å². The summed E-state index contributed by atoms with van der Waals surface area (Å²) in [5.41, 5.74) is 1.15. The van der Waals surface area contributed by atoms with Crippen molar-refractivity contribution in [1.29, 1.82) is 0 Å². The van der Waals surface area contributed by atoms with Crippen LogP contribution in [0.15, 0.2) is 58.3 Å². The van der Waals surface area contributed by atoms with Crippen LogP contribution in [0.25, 0.3) is 0 Å². The topological polar surface area (TPSA) is 63.2 Å². The van der Waals surface area contributed by atoms with Crippen molar-refractivity contribution in [3.8, 4) is 0 Å². The Balaban J connectivity index is 2.21. The van der Waals surface area contributed by atoms with Gasteiger partial charge in [-0.1, -0.05) is 12.1 Å². The number of nitrogens with one attached hydrogen (secondary N) is 1. The number of anilines is 1. The van der Waals surface area contributed by atoms with Gasteiger partial charge in [0.2, 0.25) is 0 Å². The number of hydrogen-bond donors (Lipinski definition) is 1. The summed E-state index contributed by atoms with van der Waals surface area (Å²) in [7, 11) is -3.25. The molecule has 2 aromatic carbocycles. The number of carbonyl (C=O) groups is 1. The summed E-state index contributed by atoms with van der Waals surface area (Å²) in [4.78, 5) is 13.3. The molecule has 0 aromatic heterocycles. The second-order valence-electron chi connectivity index (χ2n) is 4.45. The summed E-state index contributed by atoms with van der Waals surface area (Å²) in [5.74, 6) is -0.267. The third-order valence-electron chi connectivity index (χ3n) is 2.90.